The molecule has 5 nitrogen and oxygen atoms in total. The first-order valence-corrected chi connectivity index (χ1v) is 5.76. The van der Waals surface area contributed by atoms with E-state index in [-0.39, 0.29) is 23.0 Å². The van der Waals surface area contributed by atoms with Crippen LogP contribution in [0.2, 0.25) is 5.15 Å². The number of pyridine rings is 1. The number of anilines is 1. The maximum absolute atomic E-state index is 12.5. The number of aromatic nitrogens is 1. The van der Waals surface area contributed by atoms with E-state index >= 15 is 0 Å². The van der Waals surface area contributed by atoms with Gasteiger partial charge in [0.2, 0.25) is 0 Å². The van der Waals surface area contributed by atoms with Crippen LogP contribution in [0.15, 0.2) is 12.3 Å². The Morgan fingerprint density at radius 1 is 1.72 bits per heavy atom. The molecule has 18 heavy (non-hydrogen) atoms. The van der Waals surface area contributed by atoms with E-state index in [1.807, 2.05) is 0 Å². The highest BCUT2D eigenvalue weighted by Crippen LogP contribution is 2.20. The fraction of sp³-hybridized carbons (Fsp3) is 0.455. The van der Waals surface area contributed by atoms with E-state index in [9.17, 15) is 9.18 Å². The van der Waals surface area contributed by atoms with E-state index < -0.39 is 25.3 Å². The number of ether oxygens (including phenoxy) is 1. The molecule has 0 fully saturated rings. The van der Waals surface area contributed by atoms with Gasteiger partial charge in [0.05, 0.1) is 24.9 Å². The Morgan fingerprint density at radius 2 is 2.44 bits per heavy atom. The van der Waals surface area contributed by atoms with Crippen LogP contribution in [-0.4, -0.2) is 42.0 Å². The van der Waals surface area contributed by atoms with Gasteiger partial charge in [-0.3, -0.25) is 0 Å². The standard InChI is InChI=1S/C11H14ClFN2O3/c1-2-18-11(17)8-5-14-10(12)3-9(8)15-7(4-13)6-16/h3,5,7,16H,2,4,6H2,1H3,(H,14,15). The Bertz CT molecular complexity index is 413. The van der Waals surface area contributed by atoms with Crippen LogP contribution in [0.4, 0.5) is 10.1 Å². The van der Waals surface area contributed by atoms with Gasteiger partial charge in [0.15, 0.2) is 0 Å². The minimum atomic E-state index is -0.809. The molecule has 1 unspecified atom stereocenters. The van der Waals surface area contributed by atoms with E-state index in [2.05, 4.69) is 10.3 Å². The zero-order valence-corrected chi connectivity index (χ0v) is 10.6. The van der Waals surface area contributed by atoms with Crippen LogP contribution >= 0.6 is 11.6 Å². The van der Waals surface area contributed by atoms with Crippen molar-refractivity contribution in [1.29, 1.82) is 0 Å². The summed E-state index contributed by atoms with van der Waals surface area (Å²) in [7, 11) is 0. The summed E-state index contributed by atoms with van der Waals surface area (Å²) in [4.78, 5) is 15.4. The number of carbonyl (C=O) groups is 1. The van der Waals surface area contributed by atoms with Crippen molar-refractivity contribution >= 4 is 23.3 Å². The molecule has 1 aromatic rings. The summed E-state index contributed by atoms with van der Waals surface area (Å²) < 4.78 is 17.4. The van der Waals surface area contributed by atoms with E-state index in [1.54, 1.807) is 6.92 Å². The molecule has 0 aliphatic rings. The minimum absolute atomic E-state index is 0.146. The highest BCUT2D eigenvalue weighted by Gasteiger charge is 2.16. The van der Waals surface area contributed by atoms with Crippen LogP contribution in [0.1, 0.15) is 17.3 Å². The number of nitrogens with zero attached hydrogens (tertiary/aromatic N) is 1. The molecular weight excluding hydrogens is 263 g/mol. The number of rotatable bonds is 6. The summed E-state index contributed by atoms with van der Waals surface area (Å²) in [6.07, 6.45) is 1.25. The number of nitrogens with one attached hydrogen (secondary N) is 1. The molecule has 1 aromatic heterocycles. The van der Waals surface area contributed by atoms with Crippen LogP contribution in [-0.2, 0) is 4.74 Å². The summed E-state index contributed by atoms with van der Waals surface area (Å²) in [5.74, 6) is -0.584. The van der Waals surface area contributed by atoms with Crippen molar-refractivity contribution in [1.82, 2.24) is 4.98 Å². The van der Waals surface area contributed by atoms with Crippen LogP contribution in [0.25, 0.3) is 0 Å². The van der Waals surface area contributed by atoms with E-state index in [4.69, 9.17) is 21.4 Å². The van der Waals surface area contributed by atoms with Crippen LogP contribution in [0, 0.1) is 0 Å². The Hall–Kier alpha value is -1.40. The average Bonchev–Trinajstić information content (AvgIpc) is 2.36. The van der Waals surface area contributed by atoms with Gasteiger partial charge in [0.1, 0.15) is 17.4 Å². The second-order valence-electron chi connectivity index (χ2n) is 3.45. The van der Waals surface area contributed by atoms with Crippen LogP contribution in [0.5, 0.6) is 0 Å². The highest BCUT2D eigenvalue weighted by atomic mass is 35.5. The SMILES string of the molecule is CCOC(=O)c1cnc(Cl)cc1NC(CO)CF. The zero-order chi connectivity index (χ0) is 13.5. The Kier molecular flexibility index (Phi) is 5.80. The second kappa shape index (κ2) is 7.13. The van der Waals surface area contributed by atoms with Crippen LogP contribution < -0.4 is 5.32 Å². The predicted octanol–water partition coefficient (Wildman–Crippen LogP) is 1.65. The third-order valence-corrected chi connectivity index (χ3v) is 2.34. The van der Waals surface area contributed by atoms with Crippen LogP contribution in [0.3, 0.4) is 0 Å². The average molecular weight is 277 g/mol. The lowest BCUT2D eigenvalue weighted by Gasteiger charge is -2.16. The largest absolute Gasteiger partial charge is 0.462 e. The summed E-state index contributed by atoms with van der Waals surface area (Å²) >= 11 is 5.71. The van der Waals surface area contributed by atoms with Crippen molar-refractivity contribution in [2.45, 2.75) is 13.0 Å². The van der Waals surface area contributed by atoms with E-state index in [0.29, 0.717) is 0 Å². The topological polar surface area (TPSA) is 71.5 Å². The van der Waals surface area contributed by atoms with Crippen molar-refractivity contribution in [2.75, 3.05) is 25.2 Å². The highest BCUT2D eigenvalue weighted by molar-refractivity contribution is 6.29. The molecule has 100 valence electrons. The van der Waals surface area contributed by atoms with E-state index in [0.717, 1.165) is 0 Å². The molecule has 0 aliphatic heterocycles. The maximum atomic E-state index is 12.5. The number of hydrogen-bond donors (Lipinski definition) is 2. The van der Waals surface area contributed by atoms with E-state index in [1.165, 1.54) is 12.3 Å². The molecule has 1 atom stereocenters. The van der Waals surface area contributed by atoms with Gasteiger partial charge in [-0.1, -0.05) is 11.6 Å². The number of halogens is 2. The first-order valence-electron chi connectivity index (χ1n) is 5.38. The molecular formula is C11H14ClFN2O3. The minimum Gasteiger partial charge on any atom is -0.462 e. The molecule has 0 spiro atoms. The smallest absolute Gasteiger partial charge is 0.341 e. The second-order valence-corrected chi connectivity index (χ2v) is 3.84. The maximum Gasteiger partial charge on any atom is 0.341 e. The predicted molar refractivity (Wildman–Crippen MR) is 65.7 cm³/mol. The first kappa shape index (κ1) is 14.7. The molecule has 0 saturated carbocycles. The van der Waals surface area contributed by atoms with Gasteiger partial charge in [0, 0.05) is 6.20 Å². The third-order valence-electron chi connectivity index (χ3n) is 2.13. The fourth-order valence-corrected chi connectivity index (χ4v) is 1.43. The zero-order valence-electron chi connectivity index (χ0n) is 9.82. The van der Waals surface area contributed by atoms with Crippen molar-refractivity contribution in [3.63, 3.8) is 0 Å². The Morgan fingerprint density at radius 3 is 3.00 bits per heavy atom. The fourth-order valence-electron chi connectivity index (χ4n) is 1.27. The summed E-state index contributed by atoms with van der Waals surface area (Å²) in [6.45, 7) is 0.706. The number of alkyl halides is 1. The quantitative estimate of drug-likeness (QED) is 0.611. The monoisotopic (exact) mass is 276 g/mol. The number of carbonyl (C=O) groups excluding carboxylic acids is 1. The lowest BCUT2D eigenvalue weighted by molar-refractivity contribution is 0.0527. The molecule has 0 radical (unpaired) electrons. The lowest BCUT2D eigenvalue weighted by Crippen LogP contribution is -2.27. The number of aliphatic hydroxyl groups is 1. The van der Waals surface area contributed by atoms with Crippen molar-refractivity contribution in [2.24, 2.45) is 0 Å². The summed E-state index contributed by atoms with van der Waals surface area (Å²) in [5.41, 5.74) is 0.429. The number of aliphatic hydroxyl groups excluding tert-OH is 1. The molecule has 1 rings (SSSR count). The molecule has 0 bridgehead atoms. The molecule has 0 aliphatic carbocycles. The van der Waals surface area contributed by atoms with Gasteiger partial charge in [0.25, 0.3) is 0 Å². The molecule has 0 aromatic carbocycles. The summed E-state index contributed by atoms with van der Waals surface area (Å²) in [6, 6.07) is 0.572. The van der Waals surface area contributed by atoms with Gasteiger partial charge in [-0.2, -0.15) is 0 Å². The van der Waals surface area contributed by atoms with Gasteiger partial charge in [-0.25, -0.2) is 14.2 Å². The van der Waals surface area contributed by atoms with Gasteiger partial charge in [-0.15, -0.1) is 0 Å². The first-order chi connectivity index (χ1) is 8.62. The van der Waals surface area contributed by atoms with Crippen molar-refractivity contribution in [3.8, 4) is 0 Å². The number of esters is 1. The Labute approximate surface area is 109 Å². The van der Waals surface area contributed by atoms with Gasteiger partial charge in [-0.05, 0) is 13.0 Å². The Balaban J connectivity index is 2.99. The third kappa shape index (κ3) is 3.82. The number of hydrogen-bond acceptors (Lipinski definition) is 5. The normalized spacial score (nSPS) is 12.0. The molecule has 1 heterocycles. The lowest BCUT2D eigenvalue weighted by atomic mass is 10.2. The van der Waals surface area contributed by atoms with Gasteiger partial charge >= 0.3 is 5.97 Å². The molecule has 0 saturated heterocycles. The molecule has 7 heteroatoms. The van der Waals surface area contributed by atoms with Crippen molar-refractivity contribution in [3.05, 3.63) is 23.0 Å². The molecule has 2 N–H and O–H groups in total. The van der Waals surface area contributed by atoms with Gasteiger partial charge < -0.3 is 15.2 Å². The molecule has 0 amide bonds. The summed E-state index contributed by atoms with van der Waals surface area (Å²) in [5, 5.41) is 11.8. The van der Waals surface area contributed by atoms with Crippen molar-refractivity contribution < 1.29 is 19.0 Å².